The number of fused-ring (bicyclic) bond motifs is 1. The molecule has 0 N–H and O–H groups in total. The van der Waals surface area contributed by atoms with E-state index in [-0.39, 0.29) is 5.78 Å². The number of rotatable bonds is 1. The summed E-state index contributed by atoms with van der Waals surface area (Å²) in [6.07, 6.45) is 0.853. The first-order valence-corrected chi connectivity index (χ1v) is 4.33. The van der Waals surface area contributed by atoms with Crippen LogP contribution >= 0.6 is 0 Å². The van der Waals surface area contributed by atoms with Gasteiger partial charge < -0.3 is 4.74 Å². The van der Waals surface area contributed by atoms with E-state index in [0.717, 1.165) is 24.3 Å². The molecule has 0 aromatic carbocycles. The first kappa shape index (κ1) is 8.44. The van der Waals surface area contributed by atoms with Crippen LogP contribution in [0.5, 0.6) is 0 Å². The predicted molar refractivity (Wildman–Crippen MR) is 46.6 cm³/mol. The first-order chi connectivity index (χ1) is 6.20. The van der Waals surface area contributed by atoms with Crippen LogP contribution in [0.3, 0.4) is 0 Å². The van der Waals surface area contributed by atoms with Crippen LogP contribution in [0.2, 0.25) is 0 Å². The summed E-state index contributed by atoms with van der Waals surface area (Å²) in [6, 6.07) is 0. The van der Waals surface area contributed by atoms with Crippen molar-refractivity contribution >= 4 is 5.78 Å². The van der Waals surface area contributed by atoms with E-state index in [2.05, 4.69) is 5.10 Å². The first-order valence-electron chi connectivity index (χ1n) is 4.33. The standard InChI is InChI=1S/C9H12N2O2/c1-6(12)9-7-5-13-4-3-8(7)11(2)10-9/h3-5H2,1-2H3. The van der Waals surface area contributed by atoms with E-state index in [0.29, 0.717) is 12.3 Å². The Kier molecular flexibility index (Phi) is 1.92. The maximum Gasteiger partial charge on any atom is 0.180 e. The number of carbonyl (C=O) groups excluding carboxylic acids is 1. The highest BCUT2D eigenvalue weighted by atomic mass is 16.5. The van der Waals surface area contributed by atoms with Gasteiger partial charge in [-0.2, -0.15) is 5.10 Å². The zero-order valence-electron chi connectivity index (χ0n) is 7.83. The summed E-state index contributed by atoms with van der Waals surface area (Å²) in [5.41, 5.74) is 2.68. The van der Waals surface area contributed by atoms with Gasteiger partial charge in [0.15, 0.2) is 5.78 Å². The van der Waals surface area contributed by atoms with Crippen molar-refractivity contribution in [2.75, 3.05) is 6.61 Å². The Labute approximate surface area is 76.5 Å². The fourth-order valence-electron chi connectivity index (χ4n) is 1.69. The number of ether oxygens (including phenoxy) is 1. The molecule has 0 amide bonds. The van der Waals surface area contributed by atoms with Crippen molar-refractivity contribution in [3.63, 3.8) is 0 Å². The summed E-state index contributed by atoms with van der Waals surface area (Å²) in [5.74, 6) is 0.0161. The van der Waals surface area contributed by atoms with Crippen molar-refractivity contribution in [3.8, 4) is 0 Å². The molecule has 70 valence electrons. The molecule has 1 aliphatic rings. The number of nitrogens with zero attached hydrogens (tertiary/aromatic N) is 2. The fourth-order valence-corrected chi connectivity index (χ4v) is 1.69. The molecule has 0 saturated carbocycles. The molecule has 0 aliphatic carbocycles. The molecule has 2 heterocycles. The van der Waals surface area contributed by atoms with Crippen LogP contribution in [-0.2, 0) is 24.8 Å². The van der Waals surface area contributed by atoms with Crippen molar-refractivity contribution in [2.24, 2.45) is 7.05 Å². The Morgan fingerprint density at radius 1 is 1.62 bits per heavy atom. The van der Waals surface area contributed by atoms with Gasteiger partial charge in [-0.25, -0.2) is 0 Å². The fraction of sp³-hybridized carbons (Fsp3) is 0.556. The molecular weight excluding hydrogens is 168 g/mol. The minimum Gasteiger partial charge on any atom is -0.376 e. The lowest BCUT2D eigenvalue weighted by Crippen LogP contribution is -2.12. The SMILES string of the molecule is CC(=O)c1nn(C)c2c1COCC2. The van der Waals surface area contributed by atoms with E-state index in [1.807, 2.05) is 7.05 Å². The van der Waals surface area contributed by atoms with Gasteiger partial charge in [0.05, 0.1) is 13.2 Å². The van der Waals surface area contributed by atoms with E-state index in [4.69, 9.17) is 4.74 Å². The average Bonchev–Trinajstić information content (AvgIpc) is 2.45. The number of hydrogen-bond donors (Lipinski definition) is 0. The van der Waals surface area contributed by atoms with Crippen molar-refractivity contribution in [1.29, 1.82) is 0 Å². The number of hydrogen-bond acceptors (Lipinski definition) is 3. The topological polar surface area (TPSA) is 44.1 Å². The third-order valence-corrected chi connectivity index (χ3v) is 2.34. The lowest BCUT2D eigenvalue weighted by molar-refractivity contribution is 0.0977. The van der Waals surface area contributed by atoms with Crippen molar-refractivity contribution < 1.29 is 9.53 Å². The highest BCUT2D eigenvalue weighted by molar-refractivity contribution is 5.93. The molecule has 0 radical (unpaired) electrons. The van der Waals surface area contributed by atoms with Gasteiger partial charge >= 0.3 is 0 Å². The van der Waals surface area contributed by atoms with E-state index >= 15 is 0 Å². The quantitative estimate of drug-likeness (QED) is 0.597. The Morgan fingerprint density at radius 2 is 2.38 bits per heavy atom. The van der Waals surface area contributed by atoms with Gasteiger partial charge in [0, 0.05) is 31.6 Å². The second kappa shape index (κ2) is 2.96. The van der Waals surface area contributed by atoms with Crippen LogP contribution in [0.4, 0.5) is 0 Å². The molecule has 0 fully saturated rings. The Morgan fingerprint density at radius 3 is 3.08 bits per heavy atom. The Balaban J connectivity index is 2.53. The summed E-state index contributed by atoms with van der Waals surface area (Å²) in [5, 5.41) is 4.18. The normalized spacial score (nSPS) is 15.5. The van der Waals surface area contributed by atoms with Crippen LogP contribution in [0, 0.1) is 0 Å². The lowest BCUT2D eigenvalue weighted by Gasteiger charge is -2.12. The van der Waals surface area contributed by atoms with E-state index in [1.165, 1.54) is 6.92 Å². The van der Waals surface area contributed by atoms with Gasteiger partial charge in [0.1, 0.15) is 5.69 Å². The summed E-state index contributed by atoms with van der Waals surface area (Å²) >= 11 is 0. The minimum atomic E-state index is 0.0161. The summed E-state index contributed by atoms with van der Waals surface area (Å²) in [4.78, 5) is 11.2. The van der Waals surface area contributed by atoms with Crippen LogP contribution in [0.1, 0.15) is 28.7 Å². The van der Waals surface area contributed by atoms with Crippen LogP contribution in [-0.4, -0.2) is 22.2 Å². The maximum absolute atomic E-state index is 11.2. The van der Waals surface area contributed by atoms with Gasteiger partial charge in [0.25, 0.3) is 0 Å². The van der Waals surface area contributed by atoms with Gasteiger partial charge in [-0.05, 0) is 0 Å². The van der Waals surface area contributed by atoms with E-state index in [9.17, 15) is 4.79 Å². The highest BCUT2D eigenvalue weighted by Gasteiger charge is 2.21. The molecule has 13 heavy (non-hydrogen) atoms. The number of aromatic nitrogens is 2. The van der Waals surface area contributed by atoms with Crippen LogP contribution in [0.15, 0.2) is 0 Å². The molecule has 4 heteroatoms. The van der Waals surface area contributed by atoms with Gasteiger partial charge in [0.2, 0.25) is 0 Å². The molecule has 0 unspecified atom stereocenters. The van der Waals surface area contributed by atoms with E-state index in [1.54, 1.807) is 4.68 Å². The predicted octanol–water partition coefficient (Wildman–Crippen LogP) is 0.695. The minimum absolute atomic E-state index is 0.0161. The largest absolute Gasteiger partial charge is 0.376 e. The van der Waals surface area contributed by atoms with E-state index < -0.39 is 0 Å². The van der Waals surface area contributed by atoms with Crippen molar-refractivity contribution in [2.45, 2.75) is 20.0 Å². The van der Waals surface area contributed by atoms with Gasteiger partial charge in [-0.3, -0.25) is 9.48 Å². The molecule has 4 nitrogen and oxygen atoms in total. The van der Waals surface area contributed by atoms with Gasteiger partial charge in [-0.15, -0.1) is 0 Å². The summed E-state index contributed by atoms with van der Waals surface area (Å²) < 4.78 is 7.08. The molecule has 0 atom stereocenters. The molecular formula is C9H12N2O2. The summed E-state index contributed by atoms with van der Waals surface area (Å²) in [6.45, 7) is 2.79. The van der Waals surface area contributed by atoms with Crippen LogP contribution in [0.25, 0.3) is 0 Å². The highest BCUT2D eigenvalue weighted by Crippen LogP contribution is 2.20. The monoisotopic (exact) mass is 180 g/mol. The summed E-state index contributed by atoms with van der Waals surface area (Å²) in [7, 11) is 1.87. The zero-order chi connectivity index (χ0) is 9.42. The molecule has 1 aromatic rings. The molecule has 0 bridgehead atoms. The zero-order valence-corrected chi connectivity index (χ0v) is 7.83. The number of ketones is 1. The molecule has 0 spiro atoms. The second-order valence-corrected chi connectivity index (χ2v) is 3.26. The molecule has 1 aliphatic heterocycles. The molecule has 1 aromatic heterocycles. The molecule has 0 saturated heterocycles. The number of carbonyl (C=O) groups is 1. The van der Waals surface area contributed by atoms with Crippen LogP contribution < -0.4 is 0 Å². The Hall–Kier alpha value is -1.16. The van der Waals surface area contributed by atoms with Crippen molar-refractivity contribution in [3.05, 3.63) is 17.0 Å². The third-order valence-electron chi connectivity index (χ3n) is 2.34. The molecule has 2 rings (SSSR count). The average molecular weight is 180 g/mol. The number of Topliss-reactive ketones (excluding diaryl/α,β-unsaturated/α-hetero) is 1. The van der Waals surface area contributed by atoms with Gasteiger partial charge in [-0.1, -0.05) is 0 Å². The van der Waals surface area contributed by atoms with Crippen molar-refractivity contribution in [1.82, 2.24) is 9.78 Å². The maximum atomic E-state index is 11.2. The second-order valence-electron chi connectivity index (χ2n) is 3.26. The Bertz CT molecular complexity index is 355. The third kappa shape index (κ3) is 1.27. The number of aryl methyl sites for hydroxylation is 1. The lowest BCUT2D eigenvalue weighted by atomic mass is 10.1. The smallest absolute Gasteiger partial charge is 0.180 e.